The maximum atomic E-state index is 5.89. The normalized spacial score (nSPS) is 11.2. The SMILES string of the molecule is CCCCOCCn1c(CCCl)nc2ccc(OC)cc21. The van der Waals surface area contributed by atoms with Gasteiger partial charge in [-0.1, -0.05) is 13.3 Å². The van der Waals surface area contributed by atoms with Crippen LogP contribution >= 0.6 is 11.6 Å². The van der Waals surface area contributed by atoms with Crippen LogP contribution in [0.2, 0.25) is 0 Å². The number of halogens is 1. The smallest absolute Gasteiger partial charge is 0.121 e. The molecule has 0 radical (unpaired) electrons. The van der Waals surface area contributed by atoms with E-state index in [1.165, 1.54) is 0 Å². The predicted octanol–water partition coefficient (Wildman–Crippen LogP) is 3.64. The van der Waals surface area contributed by atoms with Gasteiger partial charge in [-0.3, -0.25) is 0 Å². The Balaban J connectivity index is 2.18. The Morgan fingerprint density at radius 2 is 2.14 bits per heavy atom. The van der Waals surface area contributed by atoms with Gasteiger partial charge >= 0.3 is 0 Å². The van der Waals surface area contributed by atoms with Crippen LogP contribution in [0.25, 0.3) is 11.0 Å². The molecule has 0 N–H and O–H groups in total. The molecule has 4 nitrogen and oxygen atoms in total. The van der Waals surface area contributed by atoms with Gasteiger partial charge in [0.1, 0.15) is 11.6 Å². The van der Waals surface area contributed by atoms with Crippen LogP contribution in [0.1, 0.15) is 25.6 Å². The van der Waals surface area contributed by atoms with Gasteiger partial charge in [0.15, 0.2) is 0 Å². The fourth-order valence-electron chi connectivity index (χ4n) is 2.31. The molecular weight excluding hydrogens is 288 g/mol. The van der Waals surface area contributed by atoms with Crippen molar-refractivity contribution in [2.24, 2.45) is 0 Å². The first-order chi connectivity index (χ1) is 10.3. The minimum absolute atomic E-state index is 0.567. The largest absolute Gasteiger partial charge is 0.497 e. The number of imidazole rings is 1. The van der Waals surface area contributed by atoms with Crippen LogP contribution in [0.5, 0.6) is 5.75 Å². The van der Waals surface area contributed by atoms with Crippen molar-refractivity contribution in [1.82, 2.24) is 9.55 Å². The maximum absolute atomic E-state index is 5.89. The van der Waals surface area contributed by atoms with Crippen LogP contribution in [-0.4, -0.2) is 35.8 Å². The van der Waals surface area contributed by atoms with E-state index in [0.29, 0.717) is 12.5 Å². The van der Waals surface area contributed by atoms with E-state index in [9.17, 15) is 0 Å². The van der Waals surface area contributed by atoms with E-state index in [-0.39, 0.29) is 0 Å². The summed E-state index contributed by atoms with van der Waals surface area (Å²) in [4.78, 5) is 4.66. The van der Waals surface area contributed by atoms with Crippen molar-refractivity contribution in [2.45, 2.75) is 32.7 Å². The third kappa shape index (κ3) is 4.11. The number of rotatable bonds is 9. The van der Waals surface area contributed by atoms with E-state index in [4.69, 9.17) is 21.1 Å². The molecule has 5 heteroatoms. The summed E-state index contributed by atoms with van der Waals surface area (Å²) in [6, 6.07) is 5.94. The van der Waals surface area contributed by atoms with Crippen molar-refractivity contribution >= 4 is 22.6 Å². The van der Waals surface area contributed by atoms with Gasteiger partial charge in [-0.2, -0.15) is 0 Å². The molecule has 0 saturated heterocycles. The Labute approximate surface area is 131 Å². The Morgan fingerprint density at radius 3 is 2.86 bits per heavy atom. The van der Waals surface area contributed by atoms with E-state index >= 15 is 0 Å². The molecule has 0 saturated carbocycles. The number of methoxy groups -OCH3 is 1. The summed E-state index contributed by atoms with van der Waals surface area (Å²) in [6.07, 6.45) is 3.02. The number of benzene rings is 1. The van der Waals surface area contributed by atoms with Gasteiger partial charge < -0.3 is 14.0 Å². The molecule has 1 heterocycles. The highest BCUT2D eigenvalue weighted by molar-refractivity contribution is 6.17. The number of hydrogen-bond acceptors (Lipinski definition) is 3. The van der Waals surface area contributed by atoms with Crippen LogP contribution < -0.4 is 4.74 Å². The second-order valence-electron chi connectivity index (χ2n) is 4.94. The van der Waals surface area contributed by atoms with Crippen LogP contribution in [0.3, 0.4) is 0 Å². The Morgan fingerprint density at radius 1 is 1.29 bits per heavy atom. The van der Waals surface area contributed by atoms with Crippen molar-refractivity contribution in [1.29, 1.82) is 0 Å². The number of ether oxygens (including phenoxy) is 2. The molecule has 21 heavy (non-hydrogen) atoms. The molecule has 1 aromatic carbocycles. The summed E-state index contributed by atoms with van der Waals surface area (Å²) < 4.78 is 13.2. The second kappa shape index (κ2) is 8.25. The van der Waals surface area contributed by atoms with E-state index < -0.39 is 0 Å². The summed E-state index contributed by atoms with van der Waals surface area (Å²) in [7, 11) is 1.68. The molecule has 116 valence electrons. The number of unbranched alkanes of at least 4 members (excludes halogenated alkanes) is 1. The van der Waals surface area contributed by atoms with Gasteiger partial charge in [-0.15, -0.1) is 11.6 Å². The Kier molecular flexibility index (Phi) is 6.33. The predicted molar refractivity (Wildman–Crippen MR) is 86.4 cm³/mol. The monoisotopic (exact) mass is 310 g/mol. The minimum Gasteiger partial charge on any atom is -0.497 e. The van der Waals surface area contributed by atoms with Gasteiger partial charge in [0.2, 0.25) is 0 Å². The van der Waals surface area contributed by atoms with Gasteiger partial charge in [0.25, 0.3) is 0 Å². The first-order valence-electron chi connectivity index (χ1n) is 7.47. The highest BCUT2D eigenvalue weighted by Gasteiger charge is 2.11. The van der Waals surface area contributed by atoms with Crippen LogP contribution in [-0.2, 0) is 17.7 Å². The first kappa shape index (κ1) is 16.1. The second-order valence-corrected chi connectivity index (χ2v) is 5.32. The lowest BCUT2D eigenvalue weighted by Gasteiger charge is -2.09. The standard InChI is InChI=1S/C16H23ClN2O2/c1-3-4-10-21-11-9-19-15-12-13(20-2)5-6-14(15)18-16(19)7-8-17/h5-6,12H,3-4,7-11H2,1-2H3. The average Bonchev–Trinajstić information content (AvgIpc) is 2.84. The van der Waals surface area contributed by atoms with Crippen molar-refractivity contribution in [3.63, 3.8) is 0 Å². The maximum Gasteiger partial charge on any atom is 0.121 e. The van der Waals surface area contributed by atoms with Crippen LogP contribution in [0, 0.1) is 0 Å². The van der Waals surface area contributed by atoms with Crippen molar-refractivity contribution in [3.8, 4) is 5.75 Å². The van der Waals surface area contributed by atoms with E-state index in [2.05, 4.69) is 16.5 Å². The fraction of sp³-hybridized carbons (Fsp3) is 0.562. The Bertz CT molecular complexity index is 569. The van der Waals surface area contributed by atoms with Crippen LogP contribution in [0.4, 0.5) is 0 Å². The molecule has 0 atom stereocenters. The molecule has 2 aromatic rings. The fourth-order valence-corrected chi connectivity index (χ4v) is 2.48. The zero-order valence-electron chi connectivity index (χ0n) is 12.8. The summed E-state index contributed by atoms with van der Waals surface area (Å²) in [5.74, 6) is 2.41. The zero-order chi connectivity index (χ0) is 15.1. The molecule has 0 aliphatic rings. The quantitative estimate of drug-likeness (QED) is 0.524. The molecule has 0 fully saturated rings. The molecule has 0 amide bonds. The molecule has 0 unspecified atom stereocenters. The summed E-state index contributed by atoms with van der Waals surface area (Å²) in [5, 5.41) is 0. The summed E-state index contributed by atoms with van der Waals surface area (Å²) in [5.41, 5.74) is 2.05. The highest BCUT2D eigenvalue weighted by atomic mass is 35.5. The lowest BCUT2D eigenvalue weighted by Crippen LogP contribution is -2.10. The molecule has 2 rings (SSSR count). The number of nitrogens with zero attached hydrogens (tertiary/aromatic N) is 2. The van der Waals surface area contributed by atoms with Crippen LogP contribution in [0.15, 0.2) is 18.2 Å². The van der Waals surface area contributed by atoms with Gasteiger partial charge in [0, 0.05) is 31.5 Å². The van der Waals surface area contributed by atoms with Gasteiger partial charge in [0.05, 0.1) is 24.8 Å². The average molecular weight is 311 g/mol. The van der Waals surface area contributed by atoms with Crippen molar-refractivity contribution < 1.29 is 9.47 Å². The summed E-state index contributed by atoms with van der Waals surface area (Å²) >= 11 is 5.89. The third-order valence-electron chi connectivity index (χ3n) is 3.45. The number of aromatic nitrogens is 2. The van der Waals surface area contributed by atoms with E-state index in [0.717, 1.165) is 55.0 Å². The van der Waals surface area contributed by atoms with Crippen molar-refractivity contribution in [2.75, 3.05) is 26.2 Å². The summed E-state index contributed by atoms with van der Waals surface area (Å²) in [6.45, 7) is 4.46. The van der Waals surface area contributed by atoms with Gasteiger partial charge in [-0.25, -0.2) is 4.98 Å². The van der Waals surface area contributed by atoms with E-state index in [1.807, 2.05) is 18.2 Å². The minimum atomic E-state index is 0.567. The highest BCUT2D eigenvalue weighted by Crippen LogP contribution is 2.22. The zero-order valence-corrected chi connectivity index (χ0v) is 13.5. The number of alkyl halides is 1. The topological polar surface area (TPSA) is 36.3 Å². The number of aryl methyl sites for hydroxylation is 1. The molecule has 0 aliphatic heterocycles. The number of hydrogen-bond donors (Lipinski definition) is 0. The molecule has 0 aliphatic carbocycles. The van der Waals surface area contributed by atoms with Gasteiger partial charge in [-0.05, 0) is 18.6 Å². The molecule has 0 spiro atoms. The molecule has 1 aromatic heterocycles. The molecule has 0 bridgehead atoms. The number of fused-ring (bicyclic) bond motifs is 1. The first-order valence-corrected chi connectivity index (χ1v) is 8.00. The molecular formula is C16H23ClN2O2. The van der Waals surface area contributed by atoms with Crippen molar-refractivity contribution in [3.05, 3.63) is 24.0 Å². The Hall–Kier alpha value is -1.26. The van der Waals surface area contributed by atoms with E-state index in [1.54, 1.807) is 7.11 Å². The lowest BCUT2D eigenvalue weighted by molar-refractivity contribution is 0.123. The third-order valence-corrected chi connectivity index (χ3v) is 3.64. The lowest BCUT2D eigenvalue weighted by atomic mass is 10.3.